The van der Waals surface area contributed by atoms with Crippen LogP contribution in [0.4, 0.5) is 5.69 Å². The first kappa shape index (κ1) is 11.5. The van der Waals surface area contributed by atoms with Crippen molar-refractivity contribution in [2.45, 2.75) is 38.6 Å². The third-order valence-corrected chi connectivity index (χ3v) is 3.55. The van der Waals surface area contributed by atoms with Crippen LogP contribution in [0.5, 0.6) is 0 Å². The number of nitrogens with one attached hydrogen (secondary N) is 1. The first-order valence-electron chi connectivity index (χ1n) is 5.74. The zero-order chi connectivity index (χ0) is 11.5. The lowest BCUT2D eigenvalue weighted by atomic mass is 9.99. The second-order valence-corrected chi connectivity index (χ2v) is 4.53. The molecule has 1 atom stereocenters. The van der Waals surface area contributed by atoms with Gasteiger partial charge in [-0.25, -0.2) is 5.10 Å². The topological polar surface area (TPSA) is 49.0 Å². The molecule has 2 heterocycles. The number of anilines is 1. The van der Waals surface area contributed by atoms with Gasteiger partial charge in [0.05, 0.1) is 11.9 Å². The Morgan fingerprint density at radius 1 is 1.62 bits per heavy atom. The highest BCUT2D eigenvalue weighted by Gasteiger charge is 2.23. The highest BCUT2D eigenvalue weighted by molar-refractivity contribution is 6.33. The van der Waals surface area contributed by atoms with E-state index in [0.717, 1.165) is 25.1 Å². The first-order valence-corrected chi connectivity index (χ1v) is 6.11. The summed E-state index contributed by atoms with van der Waals surface area (Å²) >= 11 is 6.02. The highest BCUT2D eigenvalue weighted by Crippen LogP contribution is 2.29. The molecule has 0 amide bonds. The molecule has 1 aliphatic heterocycles. The van der Waals surface area contributed by atoms with Crippen LogP contribution in [0.15, 0.2) is 11.0 Å². The lowest BCUT2D eigenvalue weighted by Crippen LogP contribution is -2.40. The molecule has 16 heavy (non-hydrogen) atoms. The summed E-state index contributed by atoms with van der Waals surface area (Å²) in [4.78, 5) is 13.6. The molecule has 1 saturated heterocycles. The Kier molecular flexibility index (Phi) is 3.49. The second-order valence-electron chi connectivity index (χ2n) is 4.15. The summed E-state index contributed by atoms with van der Waals surface area (Å²) in [5, 5.41) is 6.43. The fourth-order valence-corrected chi connectivity index (χ4v) is 2.52. The van der Waals surface area contributed by atoms with Gasteiger partial charge in [-0.05, 0) is 25.7 Å². The molecule has 0 radical (unpaired) electrons. The maximum absolute atomic E-state index is 11.4. The predicted octanol–water partition coefficient (Wildman–Crippen LogP) is 2.19. The average molecular weight is 242 g/mol. The first-order chi connectivity index (χ1) is 7.74. The fraction of sp³-hybridized carbons (Fsp3) is 0.636. The zero-order valence-electron chi connectivity index (χ0n) is 9.37. The number of aromatic amines is 1. The number of hydrogen-bond acceptors (Lipinski definition) is 3. The van der Waals surface area contributed by atoms with Crippen molar-refractivity contribution < 1.29 is 0 Å². The summed E-state index contributed by atoms with van der Waals surface area (Å²) in [5.41, 5.74) is 0.469. The molecule has 1 unspecified atom stereocenters. The molecule has 1 aromatic heterocycles. The summed E-state index contributed by atoms with van der Waals surface area (Å²) in [6, 6.07) is 0.481. The molecule has 0 saturated carbocycles. The fourth-order valence-electron chi connectivity index (χ4n) is 2.32. The van der Waals surface area contributed by atoms with Crippen LogP contribution in [0.3, 0.4) is 0 Å². The van der Waals surface area contributed by atoms with Crippen molar-refractivity contribution in [3.63, 3.8) is 0 Å². The van der Waals surface area contributed by atoms with Crippen LogP contribution in [0.1, 0.15) is 32.6 Å². The molecule has 0 bridgehead atoms. The van der Waals surface area contributed by atoms with E-state index in [1.807, 2.05) is 0 Å². The summed E-state index contributed by atoms with van der Waals surface area (Å²) in [6.07, 6.45) is 6.29. The third kappa shape index (κ3) is 2.07. The van der Waals surface area contributed by atoms with E-state index in [2.05, 4.69) is 22.0 Å². The number of rotatable bonds is 2. The molecular formula is C11H16ClN3O. The molecule has 1 N–H and O–H groups in total. The van der Waals surface area contributed by atoms with Gasteiger partial charge in [-0.1, -0.05) is 18.5 Å². The van der Waals surface area contributed by atoms with Crippen LogP contribution >= 0.6 is 11.6 Å². The van der Waals surface area contributed by atoms with Crippen LogP contribution in [0.25, 0.3) is 0 Å². The Morgan fingerprint density at radius 3 is 3.19 bits per heavy atom. The molecule has 0 aromatic carbocycles. The van der Waals surface area contributed by atoms with Gasteiger partial charge in [0.15, 0.2) is 0 Å². The van der Waals surface area contributed by atoms with Crippen molar-refractivity contribution in [1.82, 2.24) is 10.2 Å². The van der Waals surface area contributed by atoms with Crippen LogP contribution in [-0.2, 0) is 0 Å². The number of H-pyrrole nitrogens is 1. The van der Waals surface area contributed by atoms with Crippen LogP contribution in [0, 0.1) is 0 Å². The Hall–Kier alpha value is -1.03. The Labute approximate surface area is 99.6 Å². The molecule has 1 fully saturated rings. The van der Waals surface area contributed by atoms with Crippen LogP contribution < -0.4 is 10.5 Å². The van der Waals surface area contributed by atoms with E-state index in [4.69, 9.17) is 11.6 Å². The lowest BCUT2D eigenvalue weighted by molar-refractivity contribution is 0.449. The Morgan fingerprint density at radius 2 is 2.44 bits per heavy atom. The van der Waals surface area contributed by atoms with E-state index >= 15 is 0 Å². The predicted molar refractivity (Wildman–Crippen MR) is 65.1 cm³/mol. The highest BCUT2D eigenvalue weighted by atomic mass is 35.5. The molecule has 5 heteroatoms. The van der Waals surface area contributed by atoms with Crippen molar-refractivity contribution >= 4 is 17.3 Å². The van der Waals surface area contributed by atoms with Crippen molar-refractivity contribution in [3.8, 4) is 0 Å². The van der Waals surface area contributed by atoms with Gasteiger partial charge < -0.3 is 4.90 Å². The van der Waals surface area contributed by atoms with Crippen LogP contribution in [-0.4, -0.2) is 22.8 Å². The van der Waals surface area contributed by atoms with Crippen molar-refractivity contribution in [3.05, 3.63) is 21.6 Å². The smallest absolute Gasteiger partial charge is 0.285 e. The SMILES string of the molecule is CCC1CCCCN1c1cn[nH]c(=O)c1Cl. The van der Waals surface area contributed by atoms with E-state index < -0.39 is 0 Å². The minimum absolute atomic E-state index is 0.260. The molecular weight excluding hydrogens is 226 g/mol. The number of halogens is 1. The maximum atomic E-state index is 11.4. The van der Waals surface area contributed by atoms with E-state index in [9.17, 15) is 4.79 Å². The molecule has 2 rings (SSSR count). The zero-order valence-corrected chi connectivity index (χ0v) is 10.1. The Bertz CT molecular complexity index is 418. The van der Waals surface area contributed by atoms with Gasteiger partial charge in [-0.3, -0.25) is 4.79 Å². The molecule has 88 valence electrons. The second kappa shape index (κ2) is 4.87. The summed E-state index contributed by atoms with van der Waals surface area (Å²) in [5.74, 6) is 0. The minimum Gasteiger partial charge on any atom is -0.366 e. The Balaban J connectivity index is 2.34. The van der Waals surface area contributed by atoms with Gasteiger partial charge >= 0.3 is 0 Å². The van der Waals surface area contributed by atoms with Crippen molar-refractivity contribution in [2.24, 2.45) is 0 Å². The molecule has 0 aliphatic carbocycles. The van der Waals surface area contributed by atoms with E-state index in [0.29, 0.717) is 6.04 Å². The van der Waals surface area contributed by atoms with Gasteiger partial charge in [0, 0.05) is 12.6 Å². The van der Waals surface area contributed by atoms with Gasteiger partial charge in [-0.15, -0.1) is 0 Å². The maximum Gasteiger partial charge on any atom is 0.285 e. The average Bonchev–Trinajstić information content (AvgIpc) is 2.33. The quantitative estimate of drug-likeness (QED) is 0.864. The van der Waals surface area contributed by atoms with E-state index in [1.54, 1.807) is 6.20 Å². The van der Waals surface area contributed by atoms with Crippen LogP contribution in [0.2, 0.25) is 5.02 Å². The summed E-state index contributed by atoms with van der Waals surface area (Å²) in [6.45, 7) is 3.13. The van der Waals surface area contributed by atoms with E-state index in [1.165, 1.54) is 12.8 Å². The number of nitrogens with zero attached hydrogens (tertiary/aromatic N) is 2. The number of hydrogen-bond donors (Lipinski definition) is 1. The van der Waals surface area contributed by atoms with Gasteiger partial charge in [0.25, 0.3) is 5.56 Å². The van der Waals surface area contributed by atoms with Gasteiger partial charge in [0.1, 0.15) is 5.02 Å². The summed E-state index contributed by atoms with van der Waals surface area (Å²) in [7, 11) is 0. The molecule has 0 spiro atoms. The van der Waals surface area contributed by atoms with Crippen molar-refractivity contribution in [1.29, 1.82) is 0 Å². The van der Waals surface area contributed by atoms with Gasteiger partial charge in [-0.2, -0.15) is 5.10 Å². The monoisotopic (exact) mass is 241 g/mol. The van der Waals surface area contributed by atoms with E-state index in [-0.39, 0.29) is 10.6 Å². The van der Waals surface area contributed by atoms with Gasteiger partial charge in [0.2, 0.25) is 0 Å². The van der Waals surface area contributed by atoms with Crippen molar-refractivity contribution in [2.75, 3.05) is 11.4 Å². The number of aromatic nitrogens is 2. The molecule has 4 nitrogen and oxygen atoms in total. The molecule has 1 aromatic rings. The largest absolute Gasteiger partial charge is 0.366 e. The molecule has 1 aliphatic rings. The normalized spacial score (nSPS) is 21.1. The lowest BCUT2D eigenvalue weighted by Gasteiger charge is -2.37. The number of piperidine rings is 1. The third-order valence-electron chi connectivity index (χ3n) is 3.18. The minimum atomic E-state index is -0.306. The standard InChI is InChI=1S/C11H16ClN3O/c1-2-8-5-3-4-6-15(8)9-7-13-14-11(16)10(9)12/h7-8H,2-6H2,1H3,(H,14,16). The summed E-state index contributed by atoms with van der Waals surface area (Å²) < 4.78 is 0.